The summed E-state index contributed by atoms with van der Waals surface area (Å²) in [4.78, 5) is 10.2. The maximum atomic E-state index is 12.2. The second kappa shape index (κ2) is 4.33. The molecule has 0 saturated heterocycles. The minimum absolute atomic E-state index is 0.0791. The molecular weight excluding hydrogens is 209 g/mol. The Balaban J connectivity index is 2.79. The lowest BCUT2D eigenvalue weighted by Gasteiger charge is -2.07. The smallest absolute Gasteiger partial charge is 0.416 e. The molecule has 0 aliphatic rings. The molecule has 1 N–H and O–H groups in total. The van der Waals surface area contributed by atoms with E-state index < -0.39 is 17.7 Å². The van der Waals surface area contributed by atoms with Gasteiger partial charge in [-0.1, -0.05) is 6.07 Å². The number of alkyl halides is 3. The molecule has 5 heteroatoms. The van der Waals surface area contributed by atoms with Gasteiger partial charge >= 0.3 is 12.1 Å². The van der Waals surface area contributed by atoms with Gasteiger partial charge in [0.1, 0.15) is 0 Å². The van der Waals surface area contributed by atoms with Crippen LogP contribution in [-0.4, -0.2) is 11.1 Å². The van der Waals surface area contributed by atoms with E-state index >= 15 is 0 Å². The highest BCUT2D eigenvalue weighted by atomic mass is 19.4. The van der Waals surface area contributed by atoms with Crippen LogP contribution in [0.15, 0.2) is 18.2 Å². The van der Waals surface area contributed by atoms with Crippen molar-refractivity contribution in [2.24, 2.45) is 0 Å². The highest BCUT2D eigenvalue weighted by Crippen LogP contribution is 2.29. The lowest BCUT2D eigenvalue weighted by Crippen LogP contribution is -2.06. The molecule has 0 amide bonds. The molecule has 0 saturated carbocycles. The normalized spacial score (nSPS) is 11.4. The van der Waals surface area contributed by atoms with Gasteiger partial charge in [0, 0.05) is 6.42 Å². The summed E-state index contributed by atoms with van der Waals surface area (Å²) in [6.07, 6.45) is -4.51. The third-order valence-corrected chi connectivity index (χ3v) is 1.80. The fourth-order valence-electron chi connectivity index (χ4n) is 1.08. The van der Waals surface area contributed by atoms with Gasteiger partial charge in [-0.2, -0.15) is 13.2 Å². The average molecular weight is 217 g/mol. The first kappa shape index (κ1) is 11.6. The van der Waals surface area contributed by atoms with Crippen LogP contribution < -0.4 is 0 Å². The largest absolute Gasteiger partial charge is 0.481 e. The summed E-state index contributed by atoms with van der Waals surface area (Å²) in [5, 5.41) is 8.37. The van der Waals surface area contributed by atoms with E-state index in [9.17, 15) is 18.0 Å². The lowest BCUT2D eigenvalue weighted by atomic mass is 10.1. The van der Waals surface area contributed by atoms with Gasteiger partial charge in [-0.3, -0.25) is 4.79 Å². The molecule has 0 fully saturated rings. The average Bonchev–Trinajstić information content (AvgIpc) is 2.14. The summed E-state index contributed by atoms with van der Waals surface area (Å²) < 4.78 is 36.7. The molecule has 0 aromatic heterocycles. The fraction of sp³-hybridized carbons (Fsp3) is 0.300. The van der Waals surface area contributed by atoms with Gasteiger partial charge in [0.15, 0.2) is 0 Å². The summed E-state index contributed by atoms with van der Waals surface area (Å²) >= 11 is 0. The molecule has 81 valence electrons. The molecular formula is C10H8F3O2. The summed E-state index contributed by atoms with van der Waals surface area (Å²) in [7, 11) is 0. The van der Waals surface area contributed by atoms with Crippen molar-refractivity contribution >= 4 is 5.97 Å². The Kier molecular flexibility index (Phi) is 3.34. The predicted molar refractivity (Wildman–Crippen MR) is 46.2 cm³/mol. The Morgan fingerprint density at radius 3 is 2.60 bits per heavy atom. The molecule has 15 heavy (non-hydrogen) atoms. The van der Waals surface area contributed by atoms with Crippen LogP contribution in [0.4, 0.5) is 13.2 Å². The van der Waals surface area contributed by atoms with Gasteiger partial charge in [0.2, 0.25) is 0 Å². The number of benzene rings is 1. The first-order valence-electron chi connectivity index (χ1n) is 4.18. The number of halogens is 3. The van der Waals surface area contributed by atoms with E-state index in [0.29, 0.717) is 5.56 Å². The number of rotatable bonds is 3. The molecule has 1 aromatic rings. The SMILES string of the molecule is O=C(O)CCc1c[c]cc(C(F)(F)F)c1. The Bertz CT molecular complexity index is 358. The third-order valence-electron chi connectivity index (χ3n) is 1.80. The van der Waals surface area contributed by atoms with E-state index in [1.54, 1.807) is 0 Å². The maximum Gasteiger partial charge on any atom is 0.416 e. The molecule has 1 aromatic carbocycles. The van der Waals surface area contributed by atoms with Crippen LogP contribution in [-0.2, 0) is 17.4 Å². The van der Waals surface area contributed by atoms with Crippen molar-refractivity contribution in [2.75, 3.05) is 0 Å². The highest BCUT2D eigenvalue weighted by Gasteiger charge is 2.30. The van der Waals surface area contributed by atoms with Crippen molar-refractivity contribution in [1.82, 2.24) is 0 Å². The molecule has 1 radical (unpaired) electrons. The zero-order valence-corrected chi connectivity index (χ0v) is 7.64. The number of carbonyl (C=O) groups is 1. The van der Waals surface area contributed by atoms with Crippen molar-refractivity contribution in [3.8, 4) is 0 Å². The van der Waals surface area contributed by atoms with Gasteiger partial charge in [-0.25, -0.2) is 0 Å². The van der Waals surface area contributed by atoms with E-state index in [-0.39, 0.29) is 12.8 Å². The molecule has 0 aliphatic heterocycles. The summed E-state index contributed by atoms with van der Waals surface area (Å²) in [5.41, 5.74) is -0.474. The van der Waals surface area contributed by atoms with Crippen molar-refractivity contribution in [3.63, 3.8) is 0 Å². The van der Waals surface area contributed by atoms with Crippen LogP contribution in [0, 0.1) is 6.07 Å². The van der Waals surface area contributed by atoms with Gasteiger partial charge in [0.05, 0.1) is 5.56 Å². The van der Waals surface area contributed by atoms with E-state index in [1.165, 1.54) is 6.07 Å². The minimum Gasteiger partial charge on any atom is -0.481 e. The van der Waals surface area contributed by atoms with Crippen molar-refractivity contribution < 1.29 is 23.1 Å². The lowest BCUT2D eigenvalue weighted by molar-refractivity contribution is -0.137. The van der Waals surface area contributed by atoms with Crippen LogP contribution in [0.1, 0.15) is 17.5 Å². The summed E-state index contributed by atoms with van der Waals surface area (Å²) in [5.74, 6) is -1.03. The quantitative estimate of drug-likeness (QED) is 0.844. The zero-order chi connectivity index (χ0) is 11.5. The Morgan fingerprint density at radius 1 is 1.40 bits per heavy atom. The van der Waals surface area contributed by atoms with Crippen LogP contribution in [0.5, 0.6) is 0 Å². The number of hydrogen-bond acceptors (Lipinski definition) is 1. The van der Waals surface area contributed by atoms with Gasteiger partial charge in [-0.05, 0) is 30.2 Å². The van der Waals surface area contributed by atoms with E-state index in [4.69, 9.17) is 5.11 Å². The molecule has 0 atom stereocenters. The van der Waals surface area contributed by atoms with Crippen LogP contribution in [0.25, 0.3) is 0 Å². The third kappa shape index (κ3) is 3.61. The molecule has 0 unspecified atom stereocenters. The van der Waals surface area contributed by atoms with E-state index in [2.05, 4.69) is 6.07 Å². The Morgan fingerprint density at radius 2 is 2.07 bits per heavy atom. The predicted octanol–water partition coefficient (Wildman–Crippen LogP) is 2.52. The molecule has 0 spiro atoms. The number of carboxylic acids is 1. The minimum atomic E-state index is -4.41. The second-order valence-corrected chi connectivity index (χ2v) is 3.02. The number of hydrogen-bond donors (Lipinski definition) is 1. The molecule has 2 nitrogen and oxygen atoms in total. The topological polar surface area (TPSA) is 37.3 Å². The van der Waals surface area contributed by atoms with Crippen molar-refractivity contribution in [1.29, 1.82) is 0 Å². The standard InChI is InChI=1S/C10H8F3O2/c11-10(12,13)8-3-1-2-7(6-8)4-5-9(14)15/h2-3,6H,4-5H2,(H,14,15). The maximum absolute atomic E-state index is 12.2. The molecule has 1 rings (SSSR count). The summed E-state index contributed by atoms with van der Waals surface area (Å²) in [6.45, 7) is 0. The van der Waals surface area contributed by atoms with Crippen LogP contribution >= 0.6 is 0 Å². The van der Waals surface area contributed by atoms with Gasteiger partial charge < -0.3 is 5.11 Å². The molecule has 0 heterocycles. The summed E-state index contributed by atoms with van der Waals surface area (Å²) in [6, 6.07) is 5.49. The highest BCUT2D eigenvalue weighted by molar-refractivity contribution is 5.67. The molecule has 0 bridgehead atoms. The van der Waals surface area contributed by atoms with Crippen molar-refractivity contribution in [3.05, 3.63) is 35.4 Å². The molecule has 0 aliphatic carbocycles. The van der Waals surface area contributed by atoms with Gasteiger partial charge in [-0.15, -0.1) is 0 Å². The first-order valence-corrected chi connectivity index (χ1v) is 4.18. The van der Waals surface area contributed by atoms with E-state index in [1.807, 2.05) is 0 Å². The van der Waals surface area contributed by atoms with Crippen LogP contribution in [0.3, 0.4) is 0 Å². The Labute approximate surface area is 84.3 Å². The first-order chi connectivity index (χ1) is 6.89. The number of carboxylic acid groups (broad SMARTS) is 1. The van der Waals surface area contributed by atoms with Gasteiger partial charge in [0.25, 0.3) is 0 Å². The zero-order valence-electron chi connectivity index (χ0n) is 7.64. The fourth-order valence-corrected chi connectivity index (χ4v) is 1.08. The number of aliphatic carboxylic acids is 1. The second-order valence-electron chi connectivity index (χ2n) is 3.02. The van der Waals surface area contributed by atoms with Crippen molar-refractivity contribution in [2.45, 2.75) is 19.0 Å². The van der Waals surface area contributed by atoms with Crippen LogP contribution in [0.2, 0.25) is 0 Å². The Hall–Kier alpha value is -1.52. The van der Waals surface area contributed by atoms with E-state index in [0.717, 1.165) is 12.1 Å². The monoisotopic (exact) mass is 217 g/mol. The number of aryl methyl sites for hydroxylation is 1.